The van der Waals surface area contributed by atoms with E-state index in [4.69, 9.17) is 4.74 Å². The normalized spacial score (nSPS) is 23.1. The largest absolute Gasteiger partial charge is 0.455 e. The second-order valence-corrected chi connectivity index (χ2v) is 3.71. The highest BCUT2D eigenvalue weighted by molar-refractivity contribution is 5.82. The summed E-state index contributed by atoms with van der Waals surface area (Å²) < 4.78 is 5.02. The van der Waals surface area contributed by atoms with E-state index in [0.29, 0.717) is 6.42 Å². The molecule has 1 N–H and O–H groups in total. The first-order valence-electron chi connectivity index (χ1n) is 5.46. The molecule has 1 rings (SSSR count). The number of unbranched alkanes of at least 4 members (excludes halogenated alkanes) is 1. The average molecular weight is 210 g/mol. The third kappa shape index (κ3) is 4.79. The zero-order valence-corrected chi connectivity index (χ0v) is 9.06. The molecule has 15 heavy (non-hydrogen) atoms. The number of carbonyl (C=O) groups excluding carboxylic acids is 1. The lowest BCUT2D eigenvalue weighted by molar-refractivity contribution is -0.141. The van der Waals surface area contributed by atoms with Gasteiger partial charge in [0, 0.05) is 12.5 Å². The Morgan fingerprint density at radius 3 is 3.20 bits per heavy atom. The van der Waals surface area contributed by atoms with Crippen LogP contribution in [0.3, 0.4) is 0 Å². The van der Waals surface area contributed by atoms with Crippen LogP contribution in [0, 0.1) is 0 Å². The van der Waals surface area contributed by atoms with E-state index in [2.05, 4.69) is 6.92 Å². The number of aliphatic hydroxyl groups is 1. The van der Waals surface area contributed by atoms with Gasteiger partial charge in [-0.05, 0) is 12.5 Å². The Bertz CT molecular complexity index is 256. The van der Waals surface area contributed by atoms with Crippen molar-refractivity contribution in [2.45, 2.75) is 44.8 Å². The number of cyclic esters (lactones) is 1. The Balaban J connectivity index is 2.30. The first kappa shape index (κ1) is 12.0. The molecule has 1 aliphatic rings. The van der Waals surface area contributed by atoms with Crippen LogP contribution < -0.4 is 0 Å². The van der Waals surface area contributed by atoms with Crippen LogP contribution in [0.2, 0.25) is 0 Å². The fourth-order valence-corrected chi connectivity index (χ4v) is 1.41. The number of hydrogen-bond donors (Lipinski definition) is 1. The van der Waals surface area contributed by atoms with Crippen LogP contribution in [0.25, 0.3) is 0 Å². The fourth-order valence-electron chi connectivity index (χ4n) is 1.41. The quantitative estimate of drug-likeness (QED) is 0.557. The first-order valence-corrected chi connectivity index (χ1v) is 5.46. The SMILES string of the molecule is CCCC[C@H](O)C=C[C@H]1CC=CC(=O)O1. The van der Waals surface area contributed by atoms with Gasteiger partial charge in [0.15, 0.2) is 0 Å². The molecule has 0 amide bonds. The Morgan fingerprint density at radius 1 is 1.73 bits per heavy atom. The first-order chi connectivity index (χ1) is 7.22. The number of ether oxygens (including phenoxy) is 1. The summed E-state index contributed by atoms with van der Waals surface area (Å²) in [7, 11) is 0. The summed E-state index contributed by atoms with van der Waals surface area (Å²) in [6, 6.07) is 0. The molecule has 0 aromatic carbocycles. The molecule has 0 spiro atoms. The van der Waals surface area contributed by atoms with Crippen molar-refractivity contribution in [2.24, 2.45) is 0 Å². The molecule has 0 aliphatic carbocycles. The van der Waals surface area contributed by atoms with Gasteiger partial charge in [-0.2, -0.15) is 0 Å². The predicted molar refractivity (Wildman–Crippen MR) is 58.3 cm³/mol. The molecule has 2 atom stereocenters. The smallest absolute Gasteiger partial charge is 0.331 e. The molecular formula is C12H18O3. The van der Waals surface area contributed by atoms with Gasteiger partial charge in [0.2, 0.25) is 0 Å². The molecule has 0 aromatic rings. The minimum Gasteiger partial charge on any atom is -0.455 e. The minimum atomic E-state index is -0.422. The van der Waals surface area contributed by atoms with Gasteiger partial charge < -0.3 is 9.84 Å². The van der Waals surface area contributed by atoms with Crippen molar-refractivity contribution in [2.75, 3.05) is 0 Å². The topological polar surface area (TPSA) is 46.5 Å². The van der Waals surface area contributed by atoms with Crippen LogP contribution in [0.4, 0.5) is 0 Å². The molecule has 1 heterocycles. The van der Waals surface area contributed by atoms with E-state index in [1.807, 2.05) is 0 Å². The van der Waals surface area contributed by atoms with E-state index in [9.17, 15) is 9.90 Å². The van der Waals surface area contributed by atoms with Gasteiger partial charge in [-0.15, -0.1) is 0 Å². The molecule has 84 valence electrons. The number of esters is 1. The molecule has 0 fully saturated rings. The summed E-state index contributed by atoms with van der Waals surface area (Å²) in [5, 5.41) is 9.53. The lowest BCUT2D eigenvalue weighted by Gasteiger charge is -2.15. The van der Waals surface area contributed by atoms with E-state index in [1.165, 1.54) is 6.08 Å². The van der Waals surface area contributed by atoms with E-state index >= 15 is 0 Å². The van der Waals surface area contributed by atoms with Crippen molar-refractivity contribution in [3.8, 4) is 0 Å². The molecule has 1 aliphatic heterocycles. The highest BCUT2D eigenvalue weighted by Crippen LogP contribution is 2.10. The molecule has 3 heteroatoms. The molecule has 0 radical (unpaired) electrons. The summed E-state index contributed by atoms with van der Waals surface area (Å²) in [6.45, 7) is 2.09. The van der Waals surface area contributed by atoms with Gasteiger partial charge in [0.1, 0.15) is 6.10 Å². The molecule has 0 unspecified atom stereocenters. The van der Waals surface area contributed by atoms with Gasteiger partial charge in [-0.1, -0.05) is 31.9 Å². The van der Waals surface area contributed by atoms with Crippen LogP contribution in [-0.2, 0) is 9.53 Å². The summed E-state index contributed by atoms with van der Waals surface area (Å²) >= 11 is 0. The summed E-state index contributed by atoms with van der Waals surface area (Å²) in [5.74, 6) is -0.307. The Hall–Kier alpha value is -1.09. The van der Waals surface area contributed by atoms with E-state index < -0.39 is 6.10 Å². The van der Waals surface area contributed by atoms with Crippen molar-refractivity contribution in [1.29, 1.82) is 0 Å². The number of hydrogen-bond acceptors (Lipinski definition) is 3. The lowest BCUT2D eigenvalue weighted by atomic mass is 10.1. The van der Waals surface area contributed by atoms with Gasteiger partial charge in [-0.3, -0.25) is 0 Å². The van der Waals surface area contributed by atoms with Crippen LogP contribution in [-0.4, -0.2) is 23.3 Å². The van der Waals surface area contributed by atoms with Crippen LogP contribution in [0.15, 0.2) is 24.3 Å². The summed E-state index contributed by atoms with van der Waals surface area (Å²) in [4.78, 5) is 10.9. The van der Waals surface area contributed by atoms with Crippen molar-refractivity contribution >= 4 is 5.97 Å². The van der Waals surface area contributed by atoms with E-state index in [-0.39, 0.29) is 12.1 Å². The van der Waals surface area contributed by atoms with Crippen molar-refractivity contribution in [1.82, 2.24) is 0 Å². The molecule has 0 bridgehead atoms. The van der Waals surface area contributed by atoms with E-state index in [0.717, 1.165) is 19.3 Å². The molecular weight excluding hydrogens is 192 g/mol. The third-order valence-electron chi connectivity index (χ3n) is 2.29. The van der Waals surface area contributed by atoms with Gasteiger partial charge in [0.05, 0.1) is 6.10 Å². The zero-order chi connectivity index (χ0) is 11.1. The molecule has 3 nitrogen and oxygen atoms in total. The Morgan fingerprint density at radius 2 is 2.53 bits per heavy atom. The lowest BCUT2D eigenvalue weighted by Crippen LogP contribution is -2.18. The number of carbonyl (C=O) groups is 1. The minimum absolute atomic E-state index is 0.209. The van der Waals surface area contributed by atoms with Gasteiger partial charge in [0.25, 0.3) is 0 Å². The zero-order valence-electron chi connectivity index (χ0n) is 9.06. The molecule has 0 saturated heterocycles. The van der Waals surface area contributed by atoms with Crippen LogP contribution in [0.5, 0.6) is 0 Å². The standard InChI is InChI=1S/C12H18O3/c1-2-3-5-10(13)8-9-11-6-4-7-12(14)15-11/h4,7-11,13H,2-3,5-6H2,1H3/t10-,11+/m0/s1. The van der Waals surface area contributed by atoms with E-state index in [1.54, 1.807) is 18.2 Å². The average Bonchev–Trinajstić information content (AvgIpc) is 2.23. The highest BCUT2D eigenvalue weighted by Gasteiger charge is 2.12. The second kappa shape index (κ2) is 6.40. The number of aliphatic hydroxyl groups excluding tert-OH is 1. The monoisotopic (exact) mass is 210 g/mol. The van der Waals surface area contributed by atoms with Crippen LogP contribution in [0.1, 0.15) is 32.6 Å². The van der Waals surface area contributed by atoms with Gasteiger partial charge in [-0.25, -0.2) is 4.79 Å². The summed E-state index contributed by atoms with van der Waals surface area (Å²) in [5.41, 5.74) is 0. The maximum absolute atomic E-state index is 10.9. The second-order valence-electron chi connectivity index (χ2n) is 3.71. The predicted octanol–water partition coefficient (Wildman–Crippen LogP) is 1.97. The van der Waals surface area contributed by atoms with Gasteiger partial charge >= 0.3 is 5.97 Å². The fraction of sp³-hybridized carbons (Fsp3) is 0.583. The Kier molecular flexibility index (Phi) is 5.12. The third-order valence-corrected chi connectivity index (χ3v) is 2.29. The van der Waals surface area contributed by atoms with Crippen molar-refractivity contribution in [3.05, 3.63) is 24.3 Å². The van der Waals surface area contributed by atoms with Crippen molar-refractivity contribution < 1.29 is 14.6 Å². The maximum atomic E-state index is 10.9. The highest BCUT2D eigenvalue weighted by atomic mass is 16.5. The van der Waals surface area contributed by atoms with Crippen molar-refractivity contribution in [3.63, 3.8) is 0 Å². The molecule has 0 saturated carbocycles. The number of rotatable bonds is 5. The molecule has 0 aromatic heterocycles. The Labute approximate surface area is 90.4 Å². The summed E-state index contributed by atoms with van der Waals surface area (Å²) in [6.07, 6.45) is 9.62. The van der Waals surface area contributed by atoms with Crippen LogP contribution >= 0.6 is 0 Å². The maximum Gasteiger partial charge on any atom is 0.331 e.